The van der Waals surface area contributed by atoms with Crippen LogP contribution in [-0.4, -0.2) is 32.9 Å². The van der Waals surface area contributed by atoms with Gasteiger partial charge in [0.25, 0.3) is 5.56 Å². The van der Waals surface area contributed by atoms with Gasteiger partial charge in [-0.05, 0) is 31.4 Å². The third-order valence-corrected chi connectivity index (χ3v) is 5.48. The highest BCUT2D eigenvalue weighted by molar-refractivity contribution is 5.99. The van der Waals surface area contributed by atoms with Gasteiger partial charge in [-0.15, -0.1) is 0 Å². The van der Waals surface area contributed by atoms with Gasteiger partial charge < -0.3 is 10.1 Å². The van der Waals surface area contributed by atoms with Crippen molar-refractivity contribution in [1.82, 2.24) is 19.7 Å². The number of carbonyl (C=O) groups is 1. The fourth-order valence-corrected chi connectivity index (χ4v) is 3.89. The molecule has 9 heteroatoms. The zero-order valence-electron chi connectivity index (χ0n) is 18.0. The minimum atomic E-state index is -0.465. The minimum Gasteiger partial charge on any atom is -0.497 e. The zero-order valence-corrected chi connectivity index (χ0v) is 18.0. The van der Waals surface area contributed by atoms with Crippen LogP contribution in [0.15, 0.2) is 65.5 Å². The Labute approximate surface area is 189 Å². The molecule has 0 aliphatic heterocycles. The molecule has 0 unspecified atom stereocenters. The molecular formula is C24H22N6O3. The zero-order chi connectivity index (χ0) is 22.8. The van der Waals surface area contributed by atoms with Crippen LogP contribution >= 0.6 is 0 Å². The smallest absolute Gasteiger partial charge is 0.324 e. The quantitative estimate of drug-likeness (QED) is 0.435. The number of carbonyl (C=O) groups excluding carboxylic acids is 1. The van der Waals surface area contributed by atoms with Crippen LogP contribution in [-0.2, 0) is 12.8 Å². The van der Waals surface area contributed by atoms with Gasteiger partial charge in [0, 0.05) is 28.9 Å². The molecule has 166 valence electrons. The number of hydrogen-bond donors (Lipinski definition) is 3. The van der Waals surface area contributed by atoms with E-state index in [2.05, 4.69) is 25.7 Å². The van der Waals surface area contributed by atoms with E-state index >= 15 is 0 Å². The molecule has 9 nitrogen and oxygen atoms in total. The van der Waals surface area contributed by atoms with Gasteiger partial charge in [-0.25, -0.2) is 9.78 Å². The molecule has 0 fully saturated rings. The van der Waals surface area contributed by atoms with Gasteiger partial charge >= 0.3 is 6.03 Å². The molecule has 3 N–H and O–H groups in total. The number of ether oxygens (including phenoxy) is 1. The second-order valence-corrected chi connectivity index (χ2v) is 7.67. The lowest BCUT2D eigenvalue weighted by Crippen LogP contribution is -2.23. The number of fused-ring (bicyclic) bond motifs is 1. The number of benzene rings is 2. The fourth-order valence-electron chi connectivity index (χ4n) is 3.89. The minimum absolute atomic E-state index is 0.170. The third kappa shape index (κ3) is 4.20. The van der Waals surface area contributed by atoms with E-state index in [1.807, 2.05) is 30.3 Å². The Kier molecular flexibility index (Phi) is 5.35. The number of nitrogens with zero attached hydrogens (tertiary/aromatic N) is 3. The van der Waals surface area contributed by atoms with Crippen molar-refractivity contribution in [3.05, 3.63) is 82.3 Å². The second-order valence-electron chi connectivity index (χ2n) is 7.67. The van der Waals surface area contributed by atoms with Crippen LogP contribution in [0.2, 0.25) is 0 Å². The summed E-state index contributed by atoms with van der Waals surface area (Å²) in [7, 11) is 1.56. The van der Waals surface area contributed by atoms with Crippen LogP contribution in [0.3, 0.4) is 0 Å². The number of aryl methyl sites for hydroxylation is 1. The van der Waals surface area contributed by atoms with Gasteiger partial charge in [0.2, 0.25) is 5.95 Å². The molecule has 0 radical (unpaired) electrons. The van der Waals surface area contributed by atoms with E-state index in [-0.39, 0.29) is 11.5 Å². The first-order valence-corrected chi connectivity index (χ1v) is 10.6. The van der Waals surface area contributed by atoms with Crippen LogP contribution in [0, 0.1) is 0 Å². The molecule has 2 aromatic heterocycles. The molecule has 2 aromatic carbocycles. The van der Waals surface area contributed by atoms with E-state index in [1.54, 1.807) is 37.4 Å². The monoisotopic (exact) mass is 442 g/mol. The van der Waals surface area contributed by atoms with E-state index in [0.717, 1.165) is 36.1 Å². The lowest BCUT2D eigenvalue weighted by Gasteiger charge is -2.10. The van der Waals surface area contributed by atoms with Crippen LogP contribution in [0.25, 0.3) is 17.2 Å². The topological polar surface area (TPSA) is 114 Å². The van der Waals surface area contributed by atoms with Gasteiger partial charge in [0.15, 0.2) is 0 Å². The van der Waals surface area contributed by atoms with Crippen molar-refractivity contribution >= 4 is 17.5 Å². The van der Waals surface area contributed by atoms with Crippen LogP contribution in [0.4, 0.5) is 16.3 Å². The largest absolute Gasteiger partial charge is 0.497 e. The fraction of sp³-hybridized carbons (Fsp3) is 0.167. The van der Waals surface area contributed by atoms with E-state index < -0.39 is 6.03 Å². The molecule has 0 bridgehead atoms. The molecule has 0 saturated heterocycles. The van der Waals surface area contributed by atoms with E-state index in [9.17, 15) is 9.59 Å². The molecule has 4 aromatic rings. The van der Waals surface area contributed by atoms with Gasteiger partial charge in [-0.3, -0.25) is 15.1 Å². The summed E-state index contributed by atoms with van der Waals surface area (Å²) < 4.78 is 6.66. The molecule has 0 spiro atoms. The lowest BCUT2D eigenvalue weighted by atomic mass is 10.2. The summed E-state index contributed by atoms with van der Waals surface area (Å²) in [6, 6.07) is 17.9. The van der Waals surface area contributed by atoms with E-state index in [4.69, 9.17) is 4.74 Å². The molecule has 33 heavy (non-hydrogen) atoms. The van der Waals surface area contributed by atoms with Gasteiger partial charge in [0.1, 0.15) is 11.6 Å². The Morgan fingerprint density at radius 2 is 1.91 bits per heavy atom. The predicted octanol–water partition coefficient (Wildman–Crippen LogP) is 3.76. The van der Waals surface area contributed by atoms with Crippen molar-refractivity contribution in [3.8, 4) is 23.0 Å². The Morgan fingerprint density at radius 3 is 2.73 bits per heavy atom. The van der Waals surface area contributed by atoms with E-state index in [1.165, 1.54) is 4.68 Å². The Hall–Kier alpha value is -4.40. The highest BCUT2D eigenvalue weighted by atomic mass is 16.5. The molecule has 2 amide bonds. The number of rotatable bonds is 5. The molecule has 5 rings (SSSR count). The van der Waals surface area contributed by atoms with Crippen LogP contribution in [0.5, 0.6) is 5.75 Å². The maximum absolute atomic E-state index is 12.8. The Balaban J connectivity index is 1.50. The van der Waals surface area contributed by atoms with Gasteiger partial charge in [0.05, 0.1) is 18.5 Å². The number of anilines is 2. The molecule has 1 aliphatic carbocycles. The van der Waals surface area contributed by atoms with Crippen molar-refractivity contribution in [2.24, 2.45) is 0 Å². The van der Waals surface area contributed by atoms with Gasteiger partial charge in [-0.2, -0.15) is 9.78 Å². The molecule has 0 saturated carbocycles. The summed E-state index contributed by atoms with van der Waals surface area (Å²) in [6.07, 6.45) is 2.37. The number of hydrogen-bond acceptors (Lipinski definition) is 5. The first kappa shape index (κ1) is 20.5. The van der Waals surface area contributed by atoms with Crippen molar-refractivity contribution in [1.29, 1.82) is 0 Å². The Morgan fingerprint density at radius 1 is 1.06 bits per heavy atom. The van der Waals surface area contributed by atoms with Crippen molar-refractivity contribution in [3.63, 3.8) is 0 Å². The van der Waals surface area contributed by atoms with Crippen molar-refractivity contribution in [2.75, 3.05) is 17.7 Å². The first-order valence-electron chi connectivity index (χ1n) is 10.6. The number of aromatic amines is 1. The molecule has 0 atom stereocenters. The number of aromatic nitrogens is 4. The average Bonchev–Trinajstić information content (AvgIpc) is 3.47. The van der Waals surface area contributed by atoms with Crippen molar-refractivity contribution < 1.29 is 9.53 Å². The molecule has 1 aliphatic rings. The summed E-state index contributed by atoms with van der Waals surface area (Å²) in [4.78, 5) is 32.8. The highest BCUT2D eigenvalue weighted by Crippen LogP contribution is 2.25. The number of methoxy groups -OCH3 is 1. The average molecular weight is 442 g/mol. The number of nitrogens with one attached hydrogen (secondary N) is 3. The second kappa shape index (κ2) is 8.62. The SMILES string of the molecule is COc1cccc(NC(=O)Nc2cc(-c3ccccc3)nn2-c2nc3c(c(=O)[nH]2)CCC3)c1. The normalized spacial score (nSPS) is 12.3. The first-order chi connectivity index (χ1) is 16.1. The van der Waals surface area contributed by atoms with Crippen LogP contribution < -0.4 is 20.9 Å². The van der Waals surface area contributed by atoms with Gasteiger partial charge in [-0.1, -0.05) is 36.4 Å². The summed E-state index contributed by atoms with van der Waals surface area (Å²) in [5.74, 6) is 1.26. The van der Waals surface area contributed by atoms with Crippen molar-refractivity contribution in [2.45, 2.75) is 19.3 Å². The Bertz CT molecular complexity index is 1380. The molecule has 2 heterocycles. The standard InChI is InChI=1S/C24H22N6O3/c1-33-17-10-5-9-16(13-17)25-24(32)27-21-14-20(15-7-3-2-4-8-15)29-30(21)23-26-19-12-6-11-18(19)22(31)28-23/h2-5,7-10,13-14H,6,11-12H2,1H3,(H2,25,27,32)(H,26,28,31). The lowest BCUT2D eigenvalue weighted by molar-refractivity contribution is 0.262. The maximum atomic E-state index is 12.8. The number of H-pyrrole nitrogens is 1. The van der Waals surface area contributed by atoms with E-state index in [0.29, 0.717) is 22.9 Å². The summed E-state index contributed by atoms with van der Waals surface area (Å²) >= 11 is 0. The predicted molar refractivity (Wildman–Crippen MR) is 125 cm³/mol. The number of urea groups is 1. The summed E-state index contributed by atoms with van der Waals surface area (Å²) in [6.45, 7) is 0. The summed E-state index contributed by atoms with van der Waals surface area (Å²) in [5, 5.41) is 10.2. The number of amides is 2. The molecular weight excluding hydrogens is 420 g/mol. The third-order valence-electron chi connectivity index (χ3n) is 5.48. The summed E-state index contributed by atoms with van der Waals surface area (Å²) in [5.41, 5.74) is 3.41. The van der Waals surface area contributed by atoms with Crippen LogP contribution in [0.1, 0.15) is 17.7 Å². The maximum Gasteiger partial charge on any atom is 0.324 e. The highest BCUT2D eigenvalue weighted by Gasteiger charge is 2.21.